The van der Waals surface area contributed by atoms with Crippen molar-refractivity contribution in [1.29, 1.82) is 0 Å². The molecule has 5 nitrogen and oxygen atoms in total. The fourth-order valence-electron chi connectivity index (χ4n) is 6.74. The molecule has 206 valence electrons. The van der Waals surface area contributed by atoms with Gasteiger partial charge in [-0.3, -0.25) is 14.5 Å². The van der Waals surface area contributed by atoms with Crippen molar-refractivity contribution in [1.82, 2.24) is 10.2 Å². The summed E-state index contributed by atoms with van der Waals surface area (Å²) >= 11 is 12.7. The minimum absolute atomic E-state index is 0.0643. The van der Waals surface area contributed by atoms with E-state index in [1.54, 1.807) is 6.07 Å². The normalized spacial score (nSPS) is 20.4. The molecule has 2 amide bonds. The van der Waals surface area contributed by atoms with E-state index < -0.39 is 5.54 Å². The molecule has 2 aromatic carbocycles. The average molecular weight is 559 g/mol. The Labute approximate surface area is 237 Å². The van der Waals surface area contributed by atoms with Gasteiger partial charge in [0.05, 0.1) is 6.54 Å². The molecule has 2 aliphatic rings. The van der Waals surface area contributed by atoms with Gasteiger partial charge < -0.3 is 10.6 Å². The van der Waals surface area contributed by atoms with Crippen LogP contribution < -0.4 is 10.6 Å². The first-order valence-electron chi connectivity index (χ1n) is 13.7. The molecule has 1 heterocycles. The van der Waals surface area contributed by atoms with Crippen molar-refractivity contribution < 1.29 is 9.59 Å². The van der Waals surface area contributed by atoms with Crippen LogP contribution in [0.2, 0.25) is 10.0 Å². The van der Waals surface area contributed by atoms with E-state index in [4.69, 9.17) is 23.2 Å². The van der Waals surface area contributed by atoms with Crippen LogP contribution in [-0.2, 0) is 21.5 Å². The summed E-state index contributed by atoms with van der Waals surface area (Å²) in [7, 11) is 0. The lowest BCUT2D eigenvalue weighted by atomic mass is 9.79. The fraction of sp³-hybridized carbons (Fsp3) is 0.548. The van der Waals surface area contributed by atoms with Crippen LogP contribution in [-0.4, -0.2) is 34.8 Å². The van der Waals surface area contributed by atoms with Gasteiger partial charge in [0.15, 0.2) is 0 Å². The van der Waals surface area contributed by atoms with Crippen molar-refractivity contribution in [2.75, 3.05) is 11.9 Å². The monoisotopic (exact) mass is 557 g/mol. The van der Waals surface area contributed by atoms with Crippen LogP contribution in [0.15, 0.2) is 42.5 Å². The maximum absolute atomic E-state index is 14.1. The molecule has 0 bridgehead atoms. The molecule has 2 aromatic rings. The van der Waals surface area contributed by atoms with Gasteiger partial charge in [0, 0.05) is 39.3 Å². The number of nitrogens with zero attached hydrogens (tertiary/aromatic N) is 1. The number of anilines is 1. The summed E-state index contributed by atoms with van der Waals surface area (Å²) in [5.74, 6) is -0.187. The fourth-order valence-corrected chi connectivity index (χ4v) is 7.13. The van der Waals surface area contributed by atoms with Crippen molar-refractivity contribution in [3.63, 3.8) is 0 Å². The van der Waals surface area contributed by atoms with Gasteiger partial charge in [-0.2, -0.15) is 0 Å². The first kappa shape index (κ1) is 28.9. The van der Waals surface area contributed by atoms with Crippen LogP contribution in [0, 0.1) is 5.41 Å². The SMILES string of the molecule is CC(C)(C)CC(C)(C)NC(=O)CN(C1CCCCC1)C1(Cc2cccc(Cl)c2)C(=O)Nc2cc(Cl)ccc21. The molecule has 0 saturated heterocycles. The van der Waals surface area contributed by atoms with E-state index in [0.29, 0.717) is 22.2 Å². The molecular formula is C31H41Cl2N3O2. The molecule has 1 fully saturated rings. The van der Waals surface area contributed by atoms with Crippen molar-refractivity contribution in [3.05, 3.63) is 63.6 Å². The third kappa shape index (κ3) is 6.55. The zero-order valence-electron chi connectivity index (χ0n) is 23.3. The summed E-state index contributed by atoms with van der Waals surface area (Å²) in [5.41, 5.74) is 1.15. The Morgan fingerprint density at radius 3 is 2.37 bits per heavy atom. The first-order valence-corrected chi connectivity index (χ1v) is 14.5. The van der Waals surface area contributed by atoms with Crippen LogP contribution in [0.3, 0.4) is 0 Å². The highest BCUT2D eigenvalue weighted by Gasteiger charge is 2.54. The Morgan fingerprint density at radius 2 is 1.71 bits per heavy atom. The van der Waals surface area contributed by atoms with Crippen LogP contribution in [0.5, 0.6) is 0 Å². The highest BCUT2D eigenvalue weighted by Crippen LogP contribution is 2.46. The van der Waals surface area contributed by atoms with Gasteiger partial charge in [-0.25, -0.2) is 0 Å². The third-order valence-corrected chi connectivity index (χ3v) is 8.14. The molecule has 0 radical (unpaired) electrons. The second-order valence-corrected chi connectivity index (χ2v) is 13.8. The van der Waals surface area contributed by atoms with Crippen LogP contribution in [0.4, 0.5) is 5.69 Å². The second-order valence-electron chi connectivity index (χ2n) is 12.9. The minimum atomic E-state index is -1.06. The summed E-state index contributed by atoms with van der Waals surface area (Å²) < 4.78 is 0. The summed E-state index contributed by atoms with van der Waals surface area (Å²) in [4.78, 5) is 30.1. The standard InChI is InChI=1S/C31H41Cl2N3O2/c1-29(2,3)20-30(4,5)35-27(37)19-36(24-12-7-6-8-13-24)31(18-21-10-9-11-22(32)16-21)25-15-14-23(33)17-26(25)34-28(31)38/h9-11,14-17,24H,6-8,12-13,18-20H2,1-5H3,(H,34,38)(H,35,37). The number of hydrogen-bond donors (Lipinski definition) is 2. The molecule has 7 heteroatoms. The number of hydrogen-bond acceptors (Lipinski definition) is 3. The van der Waals surface area contributed by atoms with E-state index in [2.05, 4.69) is 50.2 Å². The summed E-state index contributed by atoms with van der Waals surface area (Å²) in [5, 5.41) is 7.58. The zero-order chi connectivity index (χ0) is 27.7. The molecule has 1 unspecified atom stereocenters. The lowest BCUT2D eigenvalue weighted by molar-refractivity contribution is -0.135. The predicted octanol–water partition coefficient (Wildman–Crippen LogP) is 7.35. The molecular weight excluding hydrogens is 517 g/mol. The first-order chi connectivity index (χ1) is 17.8. The van der Waals surface area contributed by atoms with Gasteiger partial charge in [0.25, 0.3) is 0 Å². The number of carbonyl (C=O) groups excluding carboxylic acids is 2. The average Bonchev–Trinajstić information content (AvgIpc) is 3.06. The number of benzene rings is 2. The van der Waals surface area contributed by atoms with Gasteiger partial charge in [-0.1, -0.05) is 81.4 Å². The molecule has 1 aliphatic carbocycles. The summed E-state index contributed by atoms with van der Waals surface area (Å²) in [6.45, 7) is 10.8. The van der Waals surface area contributed by atoms with E-state index in [1.807, 2.05) is 36.4 Å². The summed E-state index contributed by atoms with van der Waals surface area (Å²) in [6, 6.07) is 13.3. The topological polar surface area (TPSA) is 61.4 Å². The van der Waals surface area contributed by atoms with Gasteiger partial charge in [-0.15, -0.1) is 0 Å². The third-order valence-electron chi connectivity index (χ3n) is 7.67. The highest BCUT2D eigenvalue weighted by atomic mass is 35.5. The molecule has 4 rings (SSSR count). The van der Waals surface area contributed by atoms with Crippen LogP contribution in [0.1, 0.15) is 84.3 Å². The molecule has 0 aromatic heterocycles. The van der Waals surface area contributed by atoms with Gasteiger partial charge in [-0.05, 0) is 68.4 Å². The highest BCUT2D eigenvalue weighted by molar-refractivity contribution is 6.31. The zero-order valence-corrected chi connectivity index (χ0v) is 24.8. The van der Waals surface area contributed by atoms with Crippen LogP contribution in [0.25, 0.3) is 0 Å². The van der Waals surface area contributed by atoms with E-state index in [1.165, 1.54) is 6.42 Å². The molecule has 1 atom stereocenters. The van der Waals surface area contributed by atoms with E-state index in [9.17, 15) is 9.59 Å². The number of nitrogens with one attached hydrogen (secondary N) is 2. The van der Waals surface area contributed by atoms with Gasteiger partial charge in [0.2, 0.25) is 11.8 Å². The minimum Gasteiger partial charge on any atom is -0.350 e. The molecule has 1 aliphatic heterocycles. The maximum Gasteiger partial charge on any atom is 0.249 e. The quantitative estimate of drug-likeness (QED) is 0.356. The Bertz CT molecular complexity index is 1180. The van der Waals surface area contributed by atoms with Crippen molar-refractivity contribution in [2.24, 2.45) is 5.41 Å². The second kappa shape index (κ2) is 11.2. The number of carbonyl (C=O) groups is 2. The molecule has 0 spiro atoms. The van der Waals surface area contributed by atoms with E-state index in [-0.39, 0.29) is 35.4 Å². The number of halogens is 2. The van der Waals surface area contributed by atoms with Gasteiger partial charge in [0.1, 0.15) is 5.54 Å². The predicted molar refractivity (Wildman–Crippen MR) is 157 cm³/mol. The van der Waals surface area contributed by atoms with E-state index >= 15 is 0 Å². The Balaban J connectivity index is 1.78. The molecule has 38 heavy (non-hydrogen) atoms. The molecule has 2 N–H and O–H groups in total. The van der Waals surface area contributed by atoms with Crippen molar-refractivity contribution in [3.8, 4) is 0 Å². The Hall–Kier alpha value is -2.08. The number of rotatable bonds is 8. The lowest BCUT2D eigenvalue weighted by Gasteiger charge is -2.46. The molecule has 1 saturated carbocycles. The van der Waals surface area contributed by atoms with Crippen molar-refractivity contribution in [2.45, 2.75) is 96.7 Å². The largest absolute Gasteiger partial charge is 0.350 e. The smallest absolute Gasteiger partial charge is 0.249 e. The number of amides is 2. The maximum atomic E-state index is 14.1. The summed E-state index contributed by atoms with van der Waals surface area (Å²) in [6.07, 6.45) is 6.49. The Morgan fingerprint density at radius 1 is 1.03 bits per heavy atom. The van der Waals surface area contributed by atoms with Gasteiger partial charge >= 0.3 is 0 Å². The number of fused-ring (bicyclic) bond motifs is 1. The van der Waals surface area contributed by atoms with Crippen LogP contribution >= 0.6 is 23.2 Å². The Kier molecular flexibility index (Phi) is 8.52. The van der Waals surface area contributed by atoms with Crippen molar-refractivity contribution >= 4 is 40.7 Å². The lowest BCUT2D eigenvalue weighted by Crippen LogP contribution is -2.60. The van der Waals surface area contributed by atoms with E-state index in [0.717, 1.165) is 43.2 Å².